The van der Waals surface area contributed by atoms with Crippen molar-refractivity contribution in [1.29, 1.82) is 0 Å². The van der Waals surface area contributed by atoms with Crippen LogP contribution in [0, 0.1) is 0 Å². The van der Waals surface area contributed by atoms with E-state index >= 15 is 0 Å². The molecule has 3 aromatic rings. The number of piperidine rings is 1. The van der Waals surface area contributed by atoms with Crippen molar-refractivity contribution in [2.24, 2.45) is 17.8 Å². The third-order valence-corrected chi connectivity index (χ3v) is 5.60. The van der Waals surface area contributed by atoms with Crippen molar-refractivity contribution in [3.05, 3.63) is 45.1 Å². The van der Waals surface area contributed by atoms with Gasteiger partial charge < -0.3 is 20.4 Å². The van der Waals surface area contributed by atoms with Gasteiger partial charge in [0.2, 0.25) is 5.95 Å². The number of aliphatic imine (C=N–C) groups is 1. The lowest BCUT2D eigenvalue weighted by molar-refractivity contribution is 0.368. The summed E-state index contributed by atoms with van der Waals surface area (Å²) >= 11 is 0. The summed E-state index contributed by atoms with van der Waals surface area (Å²) in [5.41, 5.74) is 7.14. The van der Waals surface area contributed by atoms with Crippen molar-refractivity contribution in [1.82, 2.24) is 19.1 Å². The molecule has 2 aromatic heterocycles. The Labute approximate surface area is 171 Å². The number of anilines is 1. The number of H-pyrrole nitrogens is 1. The molecule has 156 valence electrons. The quantitative estimate of drug-likeness (QED) is 0.650. The van der Waals surface area contributed by atoms with Gasteiger partial charge in [-0.25, -0.2) is 9.79 Å². The number of nitrogens with one attached hydrogen (secondary N) is 1. The smallest absolute Gasteiger partial charge is 0.332 e. The van der Waals surface area contributed by atoms with Crippen molar-refractivity contribution < 1.29 is 4.74 Å². The van der Waals surface area contributed by atoms with Gasteiger partial charge in [-0.05, 0) is 25.0 Å². The standard InChI is InChI=1S/C20H23N7O3/c1-25-17-16(23-19(24-17)26-8-4-5-12(21)9-26)18(28)27(20(25)29)10-13-11-30-15-7-3-2-6-14(15)22-13/h2-3,6-7,12H,4-5,8-11,21H2,1H3,(H,23,24). The van der Waals surface area contributed by atoms with Gasteiger partial charge in [-0.1, -0.05) is 12.1 Å². The van der Waals surface area contributed by atoms with Gasteiger partial charge in [0.05, 0.1) is 12.3 Å². The lowest BCUT2D eigenvalue weighted by Crippen LogP contribution is -2.43. The van der Waals surface area contributed by atoms with Crippen LogP contribution < -0.4 is 26.6 Å². The van der Waals surface area contributed by atoms with E-state index < -0.39 is 11.2 Å². The molecule has 1 atom stereocenters. The van der Waals surface area contributed by atoms with Crippen LogP contribution >= 0.6 is 0 Å². The fraction of sp³-hybridized carbons (Fsp3) is 0.400. The van der Waals surface area contributed by atoms with Crippen LogP contribution in [0.3, 0.4) is 0 Å². The van der Waals surface area contributed by atoms with Crippen LogP contribution in [0.4, 0.5) is 11.6 Å². The normalized spacial score (nSPS) is 18.8. The van der Waals surface area contributed by atoms with Crippen molar-refractivity contribution in [2.75, 3.05) is 24.6 Å². The molecule has 5 rings (SSSR count). The second-order valence-electron chi connectivity index (χ2n) is 7.77. The Morgan fingerprint density at radius 2 is 2.13 bits per heavy atom. The molecule has 0 aliphatic carbocycles. The van der Waals surface area contributed by atoms with Crippen LogP contribution in [0.1, 0.15) is 12.8 Å². The largest absolute Gasteiger partial charge is 0.485 e. The summed E-state index contributed by atoms with van der Waals surface area (Å²) in [5.74, 6) is 1.26. The predicted octanol–water partition coefficient (Wildman–Crippen LogP) is 0.516. The molecule has 30 heavy (non-hydrogen) atoms. The lowest BCUT2D eigenvalue weighted by atomic mass is 10.1. The molecule has 3 N–H and O–H groups in total. The van der Waals surface area contributed by atoms with Crippen molar-refractivity contribution in [3.8, 4) is 5.75 Å². The first-order valence-electron chi connectivity index (χ1n) is 9.99. The number of hydrogen-bond donors (Lipinski definition) is 2. The summed E-state index contributed by atoms with van der Waals surface area (Å²) in [4.78, 5) is 40.2. The Bertz CT molecular complexity index is 1270. The molecule has 0 bridgehead atoms. The maximum absolute atomic E-state index is 13.1. The van der Waals surface area contributed by atoms with Crippen LogP contribution in [0.15, 0.2) is 38.8 Å². The highest BCUT2D eigenvalue weighted by Crippen LogP contribution is 2.29. The van der Waals surface area contributed by atoms with E-state index in [1.807, 2.05) is 29.2 Å². The fourth-order valence-electron chi connectivity index (χ4n) is 4.03. The van der Waals surface area contributed by atoms with Crippen molar-refractivity contribution in [2.45, 2.75) is 25.4 Å². The van der Waals surface area contributed by atoms with Gasteiger partial charge >= 0.3 is 5.69 Å². The summed E-state index contributed by atoms with van der Waals surface area (Å²) in [5, 5.41) is 0. The molecule has 0 spiro atoms. The van der Waals surface area contributed by atoms with E-state index in [-0.39, 0.29) is 19.2 Å². The first-order chi connectivity index (χ1) is 14.5. The Hall–Kier alpha value is -3.40. The van der Waals surface area contributed by atoms with Crippen LogP contribution in [0.5, 0.6) is 5.75 Å². The van der Waals surface area contributed by atoms with Crippen LogP contribution in [-0.4, -0.2) is 50.6 Å². The van der Waals surface area contributed by atoms with Crippen LogP contribution in [-0.2, 0) is 13.6 Å². The third kappa shape index (κ3) is 3.09. The first kappa shape index (κ1) is 18.6. The summed E-state index contributed by atoms with van der Waals surface area (Å²) in [6.45, 7) is 1.75. The highest BCUT2D eigenvalue weighted by atomic mass is 16.5. The van der Waals surface area contributed by atoms with E-state index in [0.717, 1.165) is 19.4 Å². The molecule has 1 aromatic carbocycles. The maximum atomic E-state index is 13.1. The Balaban J connectivity index is 1.54. The third-order valence-electron chi connectivity index (χ3n) is 5.60. The van der Waals surface area contributed by atoms with E-state index in [4.69, 9.17) is 10.5 Å². The lowest BCUT2D eigenvalue weighted by Gasteiger charge is -2.30. The predicted molar refractivity (Wildman–Crippen MR) is 114 cm³/mol. The number of aryl methyl sites for hydroxylation is 1. The number of para-hydroxylation sites is 2. The molecule has 10 nitrogen and oxygen atoms in total. The average molecular weight is 409 g/mol. The number of aromatic amines is 1. The zero-order valence-electron chi connectivity index (χ0n) is 16.7. The number of rotatable bonds is 3. The summed E-state index contributed by atoms with van der Waals surface area (Å²) < 4.78 is 8.26. The number of ether oxygens (including phenoxy) is 1. The van der Waals surface area contributed by atoms with E-state index in [2.05, 4.69) is 15.0 Å². The topological polar surface area (TPSA) is 124 Å². The molecule has 10 heteroatoms. The van der Waals surface area contributed by atoms with Gasteiger partial charge in [0, 0.05) is 26.2 Å². The van der Waals surface area contributed by atoms with Crippen LogP contribution in [0.25, 0.3) is 11.2 Å². The summed E-state index contributed by atoms with van der Waals surface area (Å²) in [6.07, 6.45) is 1.93. The van der Waals surface area contributed by atoms with Gasteiger partial charge in [-0.2, -0.15) is 4.98 Å². The van der Waals surface area contributed by atoms with Gasteiger partial charge in [0.1, 0.15) is 18.0 Å². The molecule has 1 fully saturated rings. The maximum Gasteiger partial charge on any atom is 0.332 e. The molecule has 0 amide bonds. The molecule has 2 aliphatic heterocycles. The molecular weight excluding hydrogens is 386 g/mol. The highest BCUT2D eigenvalue weighted by molar-refractivity contribution is 5.90. The molecule has 1 unspecified atom stereocenters. The molecule has 0 radical (unpaired) electrons. The van der Waals surface area contributed by atoms with Gasteiger partial charge in [-0.3, -0.25) is 13.9 Å². The zero-order chi connectivity index (χ0) is 20.8. The van der Waals surface area contributed by atoms with Crippen molar-refractivity contribution >= 4 is 28.5 Å². The van der Waals surface area contributed by atoms with E-state index in [0.29, 0.717) is 40.8 Å². The van der Waals surface area contributed by atoms with Gasteiger partial charge in [-0.15, -0.1) is 0 Å². The fourth-order valence-corrected chi connectivity index (χ4v) is 4.03. The first-order valence-corrected chi connectivity index (χ1v) is 9.99. The molecule has 1 saturated heterocycles. The number of hydrogen-bond acceptors (Lipinski definition) is 7. The van der Waals surface area contributed by atoms with Gasteiger partial charge in [0.25, 0.3) is 5.56 Å². The monoisotopic (exact) mass is 409 g/mol. The minimum Gasteiger partial charge on any atom is -0.485 e. The average Bonchev–Trinajstić information content (AvgIpc) is 3.21. The SMILES string of the molecule is Cn1c(=O)n(CC2=Nc3ccccc3OC2)c(=O)c2[nH]c(N3CCCC(N)C3)nc21. The Morgan fingerprint density at radius 1 is 1.30 bits per heavy atom. The molecule has 2 aliphatic rings. The number of nitrogens with two attached hydrogens (primary N) is 1. The van der Waals surface area contributed by atoms with Gasteiger partial charge in [0.15, 0.2) is 11.2 Å². The number of aromatic nitrogens is 4. The number of benzene rings is 1. The Morgan fingerprint density at radius 3 is 2.97 bits per heavy atom. The highest BCUT2D eigenvalue weighted by Gasteiger charge is 2.23. The minimum absolute atomic E-state index is 0.0543. The summed E-state index contributed by atoms with van der Waals surface area (Å²) in [7, 11) is 1.61. The zero-order valence-corrected chi connectivity index (χ0v) is 16.7. The number of fused-ring (bicyclic) bond motifs is 2. The van der Waals surface area contributed by atoms with Crippen LogP contribution in [0.2, 0.25) is 0 Å². The number of imidazole rings is 1. The Kier molecular flexibility index (Phi) is 4.43. The minimum atomic E-state index is -0.442. The molecule has 4 heterocycles. The van der Waals surface area contributed by atoms with Crippen molar-refractivity contribution in [3.63, 3.8) is 0 Å². The van der Waals surface area contributed by atoms with E-state index in [9.17, 15) is 9.59 Å². The second-order valence-corrected chi connectivity index (χ2v) is 7.77. The number of nitrogens with zero attached hydrogens (tertiary/aromatic N) is 5. The summed E-state index contributed by atoms with van der Waals surface area (Å²) in [6, 6.07) is 7.48. The second kappa shape index (κ2) is 7.13. The molecule has 0 saturated carbocycles. The molecular formula is C20H23N7O3. The van der Waals surface area contributed by atoms with E-state index in [1.165, 1.54) is 9.13 Å². The van der Waals surface area contributed by atoms with E-state index in [1.54, 1.807) is 7.05 Å².